The first-order valence-corrected chi connectivity index (χ1v) is 4.00. The molecule has 0 saturated carbocycles. The molecule has 0 aromatic carbocycles. The van der Waals surface area contributed by atoms with Gasteiger partial charge < -0.3 is 52.4 Å². The fourth-order valence-corrected chi connectivity index (χ4v) is 0. The van der Waals surface area contributed by atoms with E-state index >= 15 is 0 Å². The van der Waals surface area contributed by atoms with Gasteiger partial charge in [0.25, 0.3) is 0 Å². The van der Waals surface area contributed by atoms with E-state index in [4.69, 9.17) is 35.0 Å². The molecule has 0 atom stereocenters. The topological polar surface area (TPSA) is 354 Å². The molecule has 136 valence electrons. The van der Waals surface area contributed by atoms with Crippen molar-refractivity contribution in [3.63, 3.8) is 0 Å². The van der Waals surface area contributed by atoms with Crippen LogP contribution in [0.25, 0.3) is 12.3 Å². The Balaban J connectivity index is -0.00000000508. The molecule has 0 aromatic rings. The molecule has 0 aliphatic heterocycles. The summed E-state index contributed by atoms with van der Waals surface area (Å²) >= 11 is 0. The molecule has 0 bridgehead atoms. The first-order valence-electron chi connectivity index (χ1n) is 1.33. The second-order valence-electron chi connectivity index (χ2n) is 0.816. The van der Waals surface area contributed by atoms with Gasteiger partial charge in [0.15, 0.2) is 0 Å². The fourth-order valence-electron chi connectivity index (χ4n) is 0. The van der Waals surface area contributed by atoms with Gasteiger partial charge in [-0.3, -0.25) is 16.8 Å². The van der Waals surface area contributed by atoms with Crippen LogP contribution >= 0.6 is 0 Å². The zero-order valence-electron chi connectivity index (χ0n) is 8.19. The average molecular weight is 472 g/mol. The SMILES string of the molecule is O.O.O.O.O=S(=O)([O-])[O-].O=S(=O)([O-])[O-].[NH2-].[NH2-].[Ni+2].[Ni+2].[Ni+2]. The molecule has 14 nitrogen and oxygen atoms in total. The first kappa shape index (κ1) is 89.3. The second kappa shape index (κ2) is 36.4. The van der Waals surface area contributed by atoms with Crippen LogP contribution in [-0.2, 0) is 70.3 Å². The average Bonchev–Trinajstić information content (AvgIpc) is 1.12. The summed E-state index contributed by atoms with van der Waals surface area (Å²) in [7, 11) is -10.3. The summed E-state index contributed by atoms with van der Waals surface area (Å²) in [4.78, 5) is 0. The van der Waals surface area contributed by atoms with Crippen LogP contribution in [0.1, 0.15) is 0 Å². The number of nitrogens with two attached hydrogens (primary N) is 2. The van der Waals surface area contributed by atoms with E-state index < -0.39 is 20.8 Å². The maximum atomic E-state index is 8.52. The van der Waals surface area contributed by atoms with Crippen LogP contribution < -0.4 is 0 Å². The predicted molar refractivity (Wildman–Crippen MR) is 46.0 cm³/mol. The van der Waals surface area contributed by atoms with Gasteiger partial charge in [0.2, 0.25) is 0 Å². The minimum Gasteiger partial charge on any atom is -0.759 e. The zero-order chi connectivity index (χ0) is 9.00. The summed E-state index contributed by atoms with van der Waals surface area (Å²) in [5.41, 5.74) is 0. The summed E-state index contributed by atoms with van der Waals surface area (Å²) in [5, 5.41) is 0. The third-order valence-electron chi connectivity index (χ3n) is 0. The van der Waals surface area contributed by atoms with Crippen LogP contribution in [0.5, 0.6) is 0 Å². The van der Waals surface area contributed by atoms with E-state index in [1.54, 1.807) is 0 Å². The standard InChI is InChI=1S/2H2N.3Ni.2H2O4S.4H2O/c;;;;;2*1-5(2,3)4;;;;/h2*1H2;;;;2*(H2,1,2,3,4);4*1H2/q2*-1;3*+2;;;;;;/p-4. The molecule has 0 fully saturated rings. The molecule has 12 N–H and O–H groups in total. The van der Waals surface area contributed by atoms with Gasteiger partial charge in [-0.2, -0.15) is 0 Å². The fraction of sp³-hybridized carbons (Fsp3) is 0. The van der Waals surface area contributed by atoms with E-state index in [9.17, 15) is 0 Å². The van der Waals surface area contributed by atoms with Gasteiger partial charge in [0, 0.05) is 20.8 Å². The maximum Gasteiger partial charge on any atom is 2.00 e. The quantitative estimate of drug-likeness (QED) is 0.187. The molecular formula is H12N2Ni3O12S2. The Bertz CT molecular complexity index is 225. The summed E-state index contributed by atoms with van der Waals surface area (Å²) in [6, 6.07) is 0. The van der Waals surface area contributed by atoms with Crippen molar-refractivity contribution in [3.8, 4) is 0 Å². The summed E-state index contributed by atoms with van der Waals surface area (Å²) in [6.07, 6.45) is 0. The van der Waals surface area contributed by atoms with Gasteiger partial charge in [-0.15, -0.1) is 0 Å². The van der Waals surface area contributed by atoms with Crippen molar-refractivity contribution in [1.82, 2.24) is 0 Å². The molecule has 19 heavy (non-hydrogen) atoms. The Morgan fingerprint density at radius 3 is 0.474 bits per heavy atom. The Labute approximate surface area is 139 Å². The van der Waals surface area contributed by atoms with Gasteiger partial charge in [-0.25, -0.2) is 0 Å². The molecule has 0 unspecified atom stereocenters. The van der Waals surface area contributed by atoms with E-state index in [0.717, 1.165) is 0 Å². The van der Waals surface area contributed by atoms with Crippen molar-refractivity contribution in [2.45, 2.75) is 0 Å². The predicted octanol–water partition coefficient (Wildman–Crippen LogP) is -4.55. The normalized spacial score (nSPS) is 6.11. The van der Waals surface area contributed by atoms with Gasteiger partial charge in [-0.05, 0) is 0 Å². The molecule has 0 rings (SSSR count). The Morgan fingerprint density at radius 1 is 0.474 bits per heavy atom. The smallest absolute Gasteiger partial charge is 0.759 e. The second-order valence-corrected chi connectivity index (χ2v) is 2.45. The Kier molecular flexibility index (Phi) is 171. The molecule has 0 aromatic heterocycles. The maximum absolute atomic E-state index is 8.52. The number of rotatable bonds is 0. The molecule has 0 radical (unpaired) electrons. The van der Waals surface area contributed by atoms with E-state index in [0.29, 0.717) is 0 Å². The molecule has 0 aliphatic rings. The van der Waals surface area contributed by atoms with Gasteiger partial charge in [-0.1, -0.05) is 0 Å². The van der Waals surface area contributed by atoms with Crippen molar-refractivity contribution in [1.29, 1.82) is 0 Å². The zero-order valence-corrected chi connectivity index (χ0v) is 12.8. The molecule has 0 aliphatic carbocycles. The van der Waals surface area contributed by atoms with Crippen molar-refractivity contribution >= 4 is 20.8 Å². The molecular weight excluding hydrogens is 460 g/mol. The molecule has 0 spiro atoms. The van der Waals surface area contributed by atoms with Gasteiger partial charge in [0.05, 0.1) is 0 Å². The van der Waals surface area contributed by atoms with E-state index in [2.05, 4.69) is 0 Å². The van der Waals surface area contributed by atoms with Crippen molar-refractivity contribution in [3.05, 3.63) is 12.3 Å². The summed E-state index contributed by atoms with van der Waals surface area (Å²) in [6.45, 7) is 0. The van der Waals surface area contributed by atoms with E-state index in [1.165, 1.54) is 0 Å². The summed E-state index contributed by atoms with van der Waals surface area (Å²) < 4.78 is 68.2. The molecule has 19 heteroatoms. The number of hydrogen-bond donors (Lipinski definition) is 0. The van der Waals surface area contributed by atoms with Crippen LogP contribution in [0.15, 0.2) is 0 Å². The van der Waals surface area contributed by atoms with E-state index in [1.807, 2.05) is 0 Å². The number of hydrogen-bond acceptors (Lipinski definition) is 8. The van der Waals surface area contributed by atoms with E-state index in [-0.39, 0.29) is 83.7 Å². The Morgan fingerprint density at radius 2 is 0.474 bits per heavy atom. The van der Waals surface area contributed by atoms with Crippen LogP contribution in [0.4, 0.5) is 0 Å². The largest absolute Gasteiger partial charge is 2.00 e. The molecule has 0 amide bonds. The van der Waals surface area contributed by atoms with Gasteiger partial charge in [0.1, 0.15) is 0 Å². The van der Waals surface area contributed by atoms with Crippen LogP contribution in [0, 0.1) is 0 Å². The van der Waals surface area contributed by atoms with Crippen molar-refractivity contribution < 1.29 is 106 Å². The summed E-state index contributed by atoms with van der Waals surface area (Å²) in [5.74, 6) is 0. The van der Waals surface area contributed by atoms with Crippen LogP contribution in [-0.4, -0.2) is 57.0 Å². The minimum atomic E-state index is -5.17. The van der Waals surface area contributed by atoms with Crippen molar-refractivity contribution in [2.75, 3.05) is 0 Å². The van der Waals surface area contributed by atoms with Crippen molar-refractivity contribution in [2.24, 2.45) is 0 Å². The monoisotopic (exact) mass is 470 g/mol. The minimum absolute atomic E-state index is 0. The van der Waals surface area contributed by atoms with Gasteiger partial charge >= 0.3 is 49.5 Å². The molecule has 0 heterocycles. The molecule has 0 saturated heterocycles. The first-order chi connectivity index (χ1) is 4.00. The Hall–Kier alpha value is 0.981. The third kappa shape index (κ3) is 5690. The van der Waals surface area contributed by atoms with Crippen LogP contribution in [0.3, 0.4) is 0 Å². The third-order valence-corrected chi connectivity index (χ3v) is 0. The van der Waals surface area contributed by atoms with Crippen LogP contribution in [0.2, 0.25) is 0 Å².